The van der Waals surface area contributed by atoms with Crippen LogP contribution in [0.15, 0.2) is 12.2 Å². The van der Waals surface area contributed by atoms with Gasteiger partial charge in [0.1, 0.15) is 0 Å². The minimum atomic E-state index is 0.546. The molecule has 0 aromatic carbocycles. The lowest BCUT2D eigenvalue weighted by molar-refractivity contribution is -0.106. The Labute approximate surface area is 189 Å². The molecule has 172 valence electrons. The molecule has 4 rings (SSSR count). The Bertz CT molecular complexity index is 603. The molecule has 0 aromatic rings. The molecule has 0 nitrogen and oxygen atoms in total. The molecule has 0 heteroatoms. The van der Waals surface area contributed by atoms with Crippen molar-refractivity contribution in [3.63, 3.8) is 0 Å². The van der Waals surface area contributed by atoms with Crippen molar-refractivity contribution in [3.8, 4) is 0 Å². The number of hydrogen-bond donors (Lipinski definition) is 0. The molecule has 4 aliphatic carbocycles. The van der Waals surface area contributed by atoms with E-state index in [-0.39, 0.29) is 0 Å². The van der Waals surface area contributed by atoms with Crippen molar-refractivity contribution >= 4 is 0 Å². The van der Waals surface area contributed by atoms with Crippen molar-refractivity contribution in [2.75, 3.05) is 0 Å². The average molecular weight is 413 g/mol. The summed E-state index contributed by atoms with van der Waals surface area (Å²) in [7, 11) is 0. The van der Waals surface area contributed by atoms with Gasteiger partial charge in [-0.1, -0.05) is 85.3 Å². The van der Waals surface area contributed by atoms with Crippen LogP contribution in [0.1, 0.15) is 125 Å². The predicted octanol–water partition coefficient (Wildman–Crippen LogP) is 9.44. The highest BCUT2D eigenvalue weighted by Gasteiger charge is 2.61. The Kier molecular flexibility index (Phi) is 6.83. The number of rotatable bonds is 7. The third kappa shape index (κ3) is 3.85. The highest BCUT2D eigenvalue weighted by molar-refractivity contribution is 5.20. The smallest absolute Gasteiger partial charge is 0.0146 e. The lowest BCUT2D eigenvalue weighted by atomic mass is 9.42. The fourth-order valence-electron chi connectivity index (χ4n) is 9.54. The van der Waals surface area contributed by atoms with Gasteiger partial charge in [-0.25, -0.2) is 0 Å². The van der Waals surface area contributed by atoms with E-state index in [1.54, 1.807) is 5.57 Å². The van der Waals surface area contributed by atoms with Crippen LogP contribution in [0, 0.1) is 52.3 Å². The van der Waals surface area contributed by atoms with Gasteiger partial charge < -0.3 is 0 Å². The largest absolute Gasteiger partial charge is 0.0995 e. The van der Waals surface area contributed by atoms with Gasteiger partial charge in [0.15, 0.2) is 0 Å². The molecule has 4 fully saturated rings. The summed E-state index contributed by atoms with van der Waals surface area (Å²) < 4.78 is 0. The fraction of sp³-hybridized carbons (Fsp3) is 0.933. The van der Waals surface area contributed by atoms with Crippen molar-refractivity contribution in [2.24, 2.45) is 52.3 Å². The van der Waals surface area contributed by atoms with Gasteiger partial charge in [-0.2, -0.15) is 0 Å². The van der Waals surface area contributed by atoms with E-state index in [9.17, 15) is 0 Å². The van der Waals surface area contributed by atoms with Crippen LogP contribution in [0.2, 0.25) is 0 Å². The highest BCUT2D eigenvalue weighted by atomic mass is 14.7. The summed E-state index contributed by atoms with van der Waals surface area (Å²) in [6, 6.07) is 0. The van der Waals surface area contributed by atoms with Crippen LogP contribution in [0.3, 0.4) is 0 Å². The second-order valence-electron chi connectivity index (χ2n) is 13.1. The van der Waals surface area contributed by atoms with E-state index in [2.05, 4.69) is 34.6 Å². The van der Waals surface area contributed by atoms with Gasteiger partial charge in [-0.3, -0.25) is 0 Å². The molecule has 4 saturated carbocycles. The first-order valence-electron chi connectivity index (χ1n) is 14.0. The Morgan fingerprint density at radius 3 is 2.33 bits per heavy atom. The highest BCUT2D eigenvalue weighted by Crippen LogP contribution is 2.69. The van der Waals surface area contributed by atoms with Gasteiger partial charge in [0.25, 0.3) is 0 Å². The van der Waals surface area contributed by atoms with Crippen LogP contribution in [-0.4, -0.2) is 0 Å². The van der Waals surface area contributed by atoms with Crippen LogP contribution in [0.25, 0.3) is 0 Å². The van der Waals surface area contributed by atoms with Crippen molar-refractivity contribution in [1.29, 1.82) is 0 Å². The standard InChI is InChI=1S/C30H52/c1-7-8-9-10-11-12-13-24-14-15-26-25-18-22(3)28-19-21(2)23(4)20-30(28,6)27(25)16-17-29(24,26)5/h21,23-28H,3,7-20H2,1-2,4-6H3. The van der Waals surface area contributed by atoms with Gasteiger partial charge >= 0.3 is 0 Å². The van der Waals surface area contributed by atoms with Crippen molar-refractivity contribution in [1.82, 2.24) is 0 Å². The van der Waals surface area contributed by atoms with Gasteiger partial charge in [-0.05, 0) is 104 Å². The van der Waals surface area contributed by atoms with E-state index in [0.29, 0.717) is 10.8 Å². The molecule has 0 N–H and O–H groups in total. The zero-order valence-corrected chi connectivity index (χ0v) is 21.1. The maximum Gasteiger partial charge on any atom is -0.0146 e. The summed E-state index contributed by atoms with van der Waals surface area (Å²) in [5.41, 5.74) is 2.84. The Morgan fingerprint density at radius 1 is 0.867 bits per heavy atom. The second-order valence-corrected chi connectivity index (χ2v) is 13.1. The number of allylic oxidation sites excluding steroid dienone is 1. The Morgan fingerprint density at radius 2 is 1.57 bits per heavy atom. The van der Waals surface area contributed by atoms with E-state index in [1.165, 1.54) is 89.9 Å². The summed E-state index contributed by atoms with van der Waals surface area (Å²) in [4.78, 5) is 0. The molecular formula is C30H52. The molecule has 9 atom stereocenters. The summed E-state index contributed by atoms with van der Waals surface area (Å²) in [6.07, 6.45) is 20.6. The van der Waals surface area contributed by atoms with E-state index < -0.39 is 0 Å². The molecule has 30 heavy (non-hydrogen) atoms. The van der Waals surface area contributed by atoms with Crippen LogP contribution in [-0.2, 0) is 0 Å². The van der Waals surface area contributed by atoms with Gasteiger partial charge in [0.2, 0.25) is 0 Å². The molecule has 0 heterocycles. The molecule has 0 spiro atoms. The second kappa shape index (κ2) is 8.94. The van der Waals surface area contributed by atoms with E-state index in [1.807, 2.05) is 0 Å². The van der Waals surface area contributed by atoms with Crippen LogP contribution < -0.4 is 0 Å². The molecule has 9 unspecified atom stereocenters. The first-order chi connectivity index (χ1) is 14.3. The SMILES string of the molecule is C=C1CC2C3CCC(CCCCCCCC)C3(C)CCC2C2(C)CC(C)C(C)CC12. The lowest BCUT2D eigenvalue weighted by Gasteiger charge is -2.62. The van der Waals surface area contributed by atoms with Crippen molar-refractivity contribution in [3.05, 3.63) is 12.2 Å². The number of unbranched alkanes of at least 4 members (excludes halogenated alkanes) is 5. The number of hydrogen-bond acceptors (Lipinski definition) is 0. The molecule has 4 aliphatic rings. The van der Waals surface area contributed by atoms with E-state index in [4.69, 9.17) is 6.58 Å². The quantitative estimate of drug-likeness (QED) is 0.288. The number of fused-ring (bicyclic) bond motifs is 5. The molecular weight excluding hydrogens is 360 g/mol. The first-order valence-corrected chi connectivity index (χ1v) is 14.0. The van der Waals surface area contributed by atoms with Crippen LogP contribution in [0.4, 0.5) is 0 Å². The summed E-state index contributed by atoms with van der Waals surface area (Å²) in [6.45, 7) is 17.5. The maximum atomic E-state index is 4.74. The molecule has 0 radical (unpaired) electrons. The van der Waals surface area contributed by atoms with Crippen molar-refractivity contribution in [2.45, 2.75) is 125 Å². The molecule has 0 amide bonds. The van der Waals surface area contributed by atoms with Crippen molar-refractivity contribution < 1.29 is 0 Å². The molecule has 0 aromatic heterocycles. The summed E-state index contributed by atoms with van der Waals surface area (Å²) in [5.74, 6) is 6.54. The molecule has 0 saturated heterocycles. The third-order valence-corrected chi connectivity index (χ3v) is 11.5. The lowest BCUT2D eigenvalue weighted by Crippen LogP contribution is -2.55. The zero-order chi connectivity index (χ0) is 21.5. The van der Waals surface area contributed by atoms with E-state index in [0.717, 1.165) is 41.4 Å². The molecule has 0 aliphatic heterocycles. The summed E-state index contributed by atoms with van der Waals surface area (Å²) in [5, 5.41) is 0. The van der Waals surface area contributed by atoms with Gasteiger partial charge in [-0.15, -0.1) is 0 Å². The average Bonchev–Trinajstić information content (AvgIpc) is 3.03. The Hall–Kier alpha value is -0.260. The van der Waals surface area contributed by atoms with E-state index >= 15 is 0 Å². The minimum Gasteiger partial charge on any atom is -0.0995 e. The zero-order valence-electron chi connectivity index (χ0n) is 21.1. The molecule has 0 bridgehead atoms. The minimum absolute atomic E-state index is 0.546. The van der Waals surface area contributed by atoms with Gasteiger partial charge in [0, 0.05) is 0 Å². The normalized spacial score (nSPS) is 48.2. The first kappa shape index (κ1) is 22.9. The van der Waals surface area contributed by atoms with Gasteiger partial charge in [0.05, 0.1) is 0 Å². The van der Waals surface area contributed by atoms with Crippen LogP contribution in [0.5, 0.6) is 0 Å². The third-order valence-electron chi connectivity index (χ3n) is 11.5. The Balaban J connectivity index is 1.43. The predicted molar refractivity (Wildman–Crippen MR) is 131 cm³/mol. The fourth-order valence-corrected chi connectivity index (χ4v) is 9.54. The monoisotopic (exact) mass is 412 g/mol. The summed E-state index contributed by atoms with van der Waals surface area (Å²) >= 11 is 0. The van der Waals surface area contributed by atoms with Crippen LogP contribution >= 0.6 is 0 Å². The topological polar surface area (TPSA) is 0 Å². The maximum absolute atomic E-state index is 4.74.